The number of methoxy groups -OCH3 is 1. The highest BCUT2D eigenvalue weighted by Gasteiger charge is 2.25. The Morgan fingerprint density at radius 2 is 2.17 bits per heavy atom. The molecule has 0 saturated carbocycles. The Morgan fingerprint density at radius 1 is 1.38 bits per heavy atom. The van der Waals surface area contributed by atoms with Gasteiger partial charge in [0.2, 0.25) is 11.8 Å². The van der Waals surface area contributed by atoms with Gasteiger partial charge in [0.25, 0.3) is 0 Å². The number of primary amides is 1. The summed E-state index contributed by atoms with van der Waals surface area (Å²) in [4.78, 5) is 25.3. The third-order valence-electron chi connectivity index (χ3n) is 4.04. The van der Waals surface area contributed by atoms with Crippen molar-refractivity contribution in [3.8, 4) is 11.5 Å². The fourth-order valence-corrected chi connectivity index (χ4v) is 2.75. The van der Waals surface area contributed by atoms with Gasteiger partial charge >= 0.3 is 0 Å². The van der Waals surface area contributed by atoms with E-state index in [9.17, 15) is 9.59 Å². The van der Waals surface area contributed by atoms with E-state index in [1.54, 1.807) is 18.1 Å². The van der Waals surface area contributed by atoms with Crippen molar-refractivity contribution in [3.05, 3.63) is 29.8 Å². The minimum absolute atomic E-state index is 0.117. The molecule has 0 bridgehead atoms. The highest BCUT2D eigenvalue weighted by molar-refractivity contribution is 5.92. The largest absolute Gasteiger partial charge is 0.493 e. The standard InChI is InChI=1S/C18H24N2O4/c1-3-24-15-8-6-13(11-16(15)23-2)7-9-17(21)20-10-4-5-14(12-20)18(19)22/h6-9,11,14H,3-5,10,12H2,1-2H3,(H2,19,22). The van der Waals surface area contributed by atoms with Crippen LogP contribution in [0.4, 0.5) is 0 Å². The molecule has 0 aliphatic carbocycles. The van der Waals surface area contributed by atoms with E-state index in [0.717, 1.165) is 18.4 Å². The number of amides is 2. The molecule has 1 heterocycles. The first-order valence-corrected chi connectivity index (χ1v) is 8.12. The molecule has 1 aliphatic rings. The summed E-state index contributed by atoms with van der Waals surface area (Å²) in [6.45, 7) is 3.51. The molecule has 1 unspecified atom stereocenters. The van der Waals surface area contributed by atoms with Gasteiger partial charge in [-0.05, 0) is 43.5 Å². The third kappa shape index (κ3) is 4.50. The van der Waals surface area contributed by atoms with Crippen molar-refractivity contribution in [2.75, 3.05) is 26.8 Å². The van der Waals surface area contributed by atoms with Crippen molar-refractivity contribution in [1.82, 2.24) is 4.90 Å². The van der Waals surface area contributed by atoms with Crippen LogP contribution in [-0.4, -0.2) is 43.5 Å². The molecule has 6 heteroatoms. The maximum Gasteiger partial charge on any atom is 0.246 e. The predicted octanol–water partition coefficient (Wildman–Crippen LogP) is 1.83. The van der Waals surface area contributed by atoms with E-state index in [2.05, 4.69) is 0 Å². The zero-order valence-corrected chi connectivity index (χ0v) is 14.2. The van der Waals surface area contributed by atoms with Gasteiger partial charge in [-0.3, -0.25) is 9.59 Å². The number of nitrogens with two attached hydrogens (primary N) is 1. The Morgan fingerprint density at radius 3 is 2.83 bits per heavy atom. The molecule has 1 aromatic rings. The number of hydrogen-bond donors (Lipinski definition) is 1. The van der Waals surface area contributed by atoms with Crippen molar-refractivity contribution in [3.63, 3.8) is 0 Å². The SMILES string of the molecule is CCOc1ccc(C=CC(=O)N2CCCC(C(N)=O)C2)cc1OC. The van der Waals surface area contributed by atoms with Gasteiger partial charge < -0.3 is 20.1 Å². The van der Waals surface area contributed by atoms with Crippen molar-refractivity contribution < 1.29 is 19.1 Å². The van der Waals surface area contributed by atoms with Gasteiger partial charge in [0, 0.05) is 19.2 Å². The summed E-state index contributed by atoms with van der Waals surface area (Å²) in [5.41, 5.74) is 6.18. The number of rotatable bonds is 6. The zero-order chi connectivity index (χ0) is 17.5. The molecule has 2 amide bonds. The number of benzene rings is 1. The molecule has 2 N–H and O–H groups in total. The number of likely N-dealkylation sites (tertiary alicyclic amines) is 1. The second-order valence-electron chi connectivity index (χ2n) is 5.70. The van der Waals surface area contributed by atoms with Crippen molar-refractivity contribution >= 4 is 17.9 Å². The molecule has 1 atom stereocenters. The van der Waals surface area contributed by atoms with E-state index in [0.29, 0.717) is 31.2 Å². The van der Waals surface area contributed by atoms with Crippen LogP contribution in [0.5, 0.6) is 11.5 Å². The first kappa shape index (κ1) is 17.8. The maximum absolute atomic E-state index is 12.3. The lowest BCUT2D eigenvalue weighted by molar-refractivity contribution is -0.130. The maximum atomic E-state index is 12.3. The normalized spacial score (nSPS) is 17.8. The average Bonchev–Trinajstić information content (AvgIpc) is 2.60. The van der Waals surface area contributed by atoms with E-state index in [1.807, 2.05) is 25.1 Å². The lowest BCUT2D eigenvalue weighted by atomic mass is 9.97. The van der Waals surface area contributed by atoms with E-state index < -0.39 is 0 Å². The highest BCUT2D eigenvalue weighted by Crippen LogP contribution is 2.28. The predicted molar refractivity (Wildman–Crippen MR) is 91.7 cm³/mol. The third-order valence-corrected chi connectivity index (χ3v) is 4.04. The lowest BCUT2D eigenvalue weighted by Crippen LogP contribution is -2.43. The molecule has 0 spiro atoms. The van der Waals surface area contributed by atoms with Crippen LogP contribution in [0.2, 0.25) is 0 Å². The first-order chi connectivity index (χ1) is 11.5. The summed E-state index contributed by atoms with van der Waals surface area (Å²) in [5, 5.41) is 0. The van der Waals surface area contributed by atoms with Gasteiger partial charge in [0.05, 0.1) is 19.6 Å². The smallest absolute Gasteiger partial charge is 0.246 e. The summed E-state index contributed by atoms with van der Waals surface area (Å²) >= 11 is 0. The highest BCUT2D eigenvalue weighted by atomic mass is 16.5. The van der Waals surface area contributed by atoms with Crippen molar-refractivity contribution in [1.29, 1.82) is 0 Å². The van der Waals surface area contributed by atoms with Crippen molar-refractivity contribution in [2.45, 2.75) is 19.8 Å². The van der Waals surface area contributed by atoms with Crippen LogP contribution in [0.15, 0.2) is 24.3 Å². The van der Waals surface area contributed by atoms with Crippen LogP contribution >= 0.6 is 0 Å². The van der Waals surface area contributed by atoms with Crippen LogP contribution in [0.3, 0.4) is 0 Å². The monoisotopic (exact) mass is 332 g/mol. The molecule has 1 aliphatic heterocycles. The van der Waals surface area contributed by atoms with E-state index in [-0.39, 0.29) is 17.7 Å². The molecule has 6 nitrogen and oxygen atoms in total. The van der Waals surface area contributed by atoms with Crippen molar-refractivity contribution in [2.24, 2.45) is 11.7 Å². The zero-order valence-electron chi connectivity index (χ0n) is 14.2. The second-order valence-corrected chi connectivity index (χ2v) is 5.70. The minimum Gasteiger partial charge on any atom is -0.493 e. The van der Waals surface area contributed by atoms with Gasteiger partial charge in [-0.2, -0.15) is 0 Å². The molecule has 0 radical (unpaired) electrons. The number of piperidine rings is 1. The fraction of sp³-hybridized carbons (Fsp3) is 0.444. The molecular weight excluding hydrogens is 308 g/mol. The summed E-state index contributed by atoms with van der Waals surface area (Å²) in [7, 11) is 1.58. The molecule has 130 valence electrons. The Kier molecular flexibility index (Phi) is 6.23. The Bertz CT molecular complexity index is 627. The van der Waals surface area contributed by atoms with E-state index in [1.165, 1.54) is 6.08 Å². The van der Waals surface area contributed by atoms with Crippen LogP contribution in [0.25, 0.3) is 6.08 Å². The van der Waals surface area contributed by atoms with Gasteiger partial charge in [-0.25, -0.2) is 0 Å². The number of carbonyl (C=O) groups excluding carboxylic acids is 2. The molecule has 0 aromatic heterocycles. The van der Waals surface area contributed by atoms with Gasteiger partial charge in [0.1, 0.15) is 0 Å². The second kappa shape index (κ2) is 8.38. The molecular formula is C18H24N2O4. The summed E-state index contributed by atoms with van der Waals surface area (Å²) in [6, 6.07) is 5.49. The first-order valence-electron chi connectivity index (χ1n) is 8.12. The van der Waals surface area contributed by atoms with Crippen LogP contribution < -0.4 is 15.2 Å². The van der Waals surface area contributed by atoms with E-state index >= 15 is 0 Å². The lowest BCUT2D eigenvalue weighted by Gasteiger charge is -2.30. The number of ether oxygens (including phenoxy) is 2. The molecule has 1 saturated heterocycles. The van der Waals surface area contributed by atoms with Gasteiger partial charge in [-0.1, -0.05) is 6.07 Å². The summed E-state index contributed by atoms with van der Waals surface area (Å²) < 4.78 is 10.8. The number of carbonyl (C=O) groups is 2. The average molecular weight is 332 g/mol. The van der Waals surface area contributed by atoms with Crippen LogP contribution in [-0.2, 0) is 9.59 Å². The van der Waals surface area contributed by atoms with Crippen LogP contribution in [0.1, 0.15) is 25.3 Å². The van der Waals surface area contributed by atoms with E-state index in [4.69, 9.17) is 15.2 Å². The van der Waals surface area contributed by atoms with Crippen LogP contribution in [0, 0.1) is 5.92 Å². The fourth-order valence-electron chi connectivity index (χ4n) is 2.75. The summed E-state index contributed by atoms with van der Waals surface area (Å²) in [6.07, 6.45) is 4.79. The Hall–Kier alpha value is -2.50. The Balaban J connectivity index is 2.04. The topological polar surface area (TPSA) is 81.9 Å². The number of hydrogen-bond acceptors (Lipinski definition) is 4. The quantitative estimate of drug-likeness (QED) is 0.806. The Labute approximate surface area is 142 Å². The number of nitrogens with zero attached hydrogens (tertiary/aromatic N) is 1. The molecule has 2 rings (SSSR count). The molecule has 24 heavy (non-hydrogen) atoms. The molecule has 1 fully saturated rings. The molecule has 1 aromatic carbocycles. The summed E-state index contributed by atoms with van der Waals surface area (Å²) in [5.74, 6) is 0.588. The van der Waals surface area contributed by atoms with Gasteiger partial charge in [0.15, 0.2) is 11.5 Å². The van der Waals surface area contributed by atoms with Gasteiger partial charge in [-0.15, -0.1) is 0 Å². The minimum atomic E-state index is -0.340.